The van der Waals surface area contributed by atoms with Gasteiger partial charge in [-0.2, -0.15) is 0 Å². The standard InChI is InChI=1S/C24H46N4O14/c1-2-8-14(32)16(34)11(27)22(37-8)41-20-10(5-30)39-24(18(20)36)42-21-13(31)6(25)3-7(26)19(21)40-23-12(28)17(35)15(33)9(4-29)38-23/h6-24,29-36H,2-5,25-28H2,1H3. The lowest BCUT2D eigenvalue weighted by Crippen LogP contribution is -2.68. The van der Waals surface area contributed by atoms with Crippen LogP contribution in [-0.2, 0) is 28.4 Å². The third kappa shape index (κ3) is 6.62. The molecule has 0 radical (unpaired) electrons. The van der Waals surface area contributed by atoms with Crippen molar-refractivity contribution >= 4 is 0 Å². The Balaban J connectivity index is 1.50. The van der Waals surface area contributed by atoms with Crippen molar-refractivity contribution < 1.29 is 69.3 Å². The highest BCUT2D eigenvalue weighted by Gasteiger charge is 2.54. The molecule has 1 saturated carbocycles. The predicted molar refractivity (Wildman–Crippen MR) is 138 cm³/mol. The smallest absolute Gasteiger partial charge is 0.187 e. The Morgan fingerprint density at radius 1 is 0.548 bits per heavy atom. The highest BCUT2D eigenvalue weighted by atomic mass is 16.8. The van der Waals surface area contributed by atoms with Gasteiger partial charge in [0.25, 0.3) is 0 Å². The van der Waals surface area contributed by atoms with E-state index in [1.807, 2.05) is 0 Å². The second kappa shape index (κ2) is 14.1. The highest BCUT2D eigenvalue weighted by molar-refractivity contribution is 5.02. The largest absolute Gasteiger partial charge is 0.394 e. The molecule has 18 heteroatoms. The van der Waals surface area contributed by atoms with Crippen LogP contribution in [0.15, 0.2) is 0 Å². The molecule has 0 bridgehead atoms. The maximum Gasteiger partial charge on any atom is 0.187 e. The summed E-state index contributed by atoms with van der Waals surface area (Å²) in [7, 11) is 0. The monoisotopic (exact) mass is 614 g/mol. The number of aliphatic hydroxyl groups excluding tert-OH is 8. The van der Waals surface area contributed by atoms with Crippen LogP contribution in [0.5, 0.6) is 0 Å². The third-order valence-corrected chi connectivity index (χ3v) is 8.49. The normalized spacial score (nSPS) is 53.8. The van der Waals surface area contributed by atoms with E-state index in [1.165, 1.54) is 0 Å². The summed E-state index contributed by atoms with van der Waals surface area (Å²) >= 11 is 0. The van der Waals surface area contributed by atoms with Crippen LogP contribution in [-0.4, -0.2) is 170 Å². The third-order valence-electron chi connectivity index (χ3n) is 8.49. The van der Waals surface area contributed by atoms with Gasteiger partial charge >= 0.3 is 0 Å². The molecule has 0 aromatic carbocycles. The van der Waals surface area contributed by atoms with Gasteiger partial charge in [0.05, 0.1) is 37.5 Å². The zero-order valence-electron chi connectivity index (χ0n) is 23.1. The Morgan fingerprint density at radius 3 is 1.57 bits per heavy atom. The van der Waals surface area contributed by atoms with E-state index in [9.17, 15) is 40.9 Å². The fraction of sp³-hybridized carbons (Fsp3) is 1.00. The summed E-state index contributed by atoms with van der Waals surface area (Å²) in [5.74, 6) is 0. The summed E-state index contributed by atoms with van der Waals surface area (Å²) in [4.78, 5) is 0. The Labute approximate surface area is 242 Å². The summed E-state index contributed by atoms with van der Waals surface area (Å²) in [6.07, 6.45) is -19.5. The summed E-state index contributed by atoms with van der Waals surface area (Å²) in [5.41, 5.74) is 24.4. The average molecular weight is 615 g/mol. The molecule has 18 nitrogen and oxygen atoms in total. The molecule has 0 amide bonds. The summed E-state index contributed by atoms with van der Waals surface area (Å²) in [6, 6.07) is -4.21. The minimum atomic E-state index is -1.59. The number of aliphatic hydroxyl groups is 8. The summed E-state index contributed by atoms with van der Waals surface area (Å²) in [5, 5.41) is 82.5. The Morgan fingerprint density at radius 2 is 1.02 bits per heavy atom. The van der Waals surface area contributed by atoms with Crippen LogP contribution in [0, 0.1) is 0 Å². The first-order chi connectivity index (χ1) is 19.8. The molecular formula is C24H46N4O14. The minimum absolute atomic E-state index is 0.0744. The van der Waals surface area contributed by atoms with Crippen molar-refractivity contribution in [3.63, 3.8) is 0 Å². The molecule has 4 rings (SSSR count). The van der Waals surface area contributed by atoms with Gasteiger partial charge in [-0.1, -0.05) is 6.92 Å². The minimum Gasteiger partial charge on any atom is -0.394 e. The first-order valence-corrected chi connectivity index (χ1v) is 14.1. The molecule has 16 N–H and O–H groups in total. The van der Waals surface area contributed by atoms with Gasteiger partial charge in [-0.15, -0.1) is 0 Å². The van der Waals surface area contributed by atoms with Gasteiger partial charge in [0, 0.05) is 12.1 Å². The number of hydrogen-bond acceptors (Lipinski definition) is 18. The van der Waals surface area contributed by atoms with E-state index < -0.39 is 129 Å². The first kappa shape index (κ1) is 34.2. The molecule has 0 aromatic heterocycles. The van der Waals surface area contributed by atoms with E-state index in [4.69, 9.17) is 51.4 Å². The van der Waals surface area contributed by atoms with Crippen LogP contribution in [0.2, 0.25) is 0 Å². The zero-order valence-corrected chi connectivity index (χ0v) is 23.1. The van der Waals surface area contributed by atoms with E-state index in [2.05, 4.69) is 0 Å². The van der Waals surface area contributed by atoms with Gasteiger partial charge in [0.2, 0.25) is 0 Å². The average Bonchev–Trinajstić information content (AvgIpc) is 3.27. The maximum absolute atomic E-state index is 11.1. The van der Waals surface area contributed by atoms with Crippen molar-refractivity contribution in [1.29, 1.82) is 0 Å². The van der Waals surface area contributed by atoms with Gasteiger partial charge in [-0.3, -0.25) is 0 Å². The molecule has 0 spiro atoms. The molecular weight excluding hydrogens is 568 g/mol. The van der Waals surface area contributed by atoms with Gasteiger partial charge in [-0.25, -0.2) is 0 Å². The van der Waals surface area contributed by atoms with Crippen LogP contribution < -0.4 is 22.9 Å². The highest BCUT2D eigenvalue weighted by Crippen LogP contribution is 2.34. The SMILES string of the molecule is CCC1OC(OC2C(CO)OC(OC3C(O)C(N)CC(N)C3OC3OC(CO)C(O)C(O)C3N)C2O)C(N)C(O)C1O. The summed E-state index contributed by atoms with van der Waals surface area (Å²) < 4.78 is 34.7. The molecule has 4 aliphatic rings. The van der Waals surface area contributed by atoms with E-state index >= 15 is 0 Å². The van der Waals surface area contributed by atoms with E-state index in [1.54, 1.807) is 6.92 Å². The fourth-order valence-electron chi connectivity index (χ4n) is 5.84. The van der Waals surface area contributed by atoms with Gasteiger partial charge in [-0.05, 0) is 12.8 Å². The molecule has 246 valence electrons. The lowest BCUT2D eigenvalue weighted by Gasteiger charge is -2.47. The van der Waals surface area contributed by atoms with Crippen molar-refractivity contribution in [2.24, 2.45) is 22.9 Å². The van der Waals surface area contributed by atoms with Crippen LogP contribution in [0.25, 0.3) is 0 Å². The molecule has 3 aliphatic heterocycles. The van der Waals surface area contributed by atoms with Crippen molar-refractivity contribution in [3.05, 3.63) is 0 Å². The lowest BCUT2D eigenvalue weighted by molar-refractivity contribution is -0.310. The van der Waals surface area contributed by atoms with Gasteiger partial charge in [0.1, 0.15) is 61.0 Å². The number of ether oxygens (including phenoxy) is 6. The summed E-state index contributed by atoms with van der Waals surface area (Å²) in [6.45, 7) is 0.444. The van der Waals surface area contributed by atoms with Crippen molar-refractivity contribution in [1.82, 2.24) is 0 Å². The molecule has 3 saturated heterocycles. The molecule has 19 atom stereocenters. The van der Waals surface area contributed by atoms with Crippen molar-refractivity contribution in [2.45, 2.75) is 136 Å². The molecule has 0 aromatic rings. The quantitative estimate of drug-likeness (QED) is 0.115. The molecule has 19 unspecified atom stereocenters. The topological polar surface area (TPSA) is 321 Å². The second-order valence-electron chi connectivity index (χ2n) is 11.4. The van der Waals surface area contributed by atoms with E-state index in [0.29, 0.717) is 6.42 Å². The van der Waals surface area contributed by atoms with Gasteiger partial charge in [0.15, 0.2) is 18.9 Å². The second-order valence-corrected chi connectivity index (χ2v) is 11.4. The number of rotatable bonds is 9. The predicted octanol–water partition coefficient (Wildman–Crippen LogP) is -7.41. The van der Waals surface area contributed by atoms with E-state index in [0.717, 1.165) is 0 Å². The maximum atomic E-state index is 11.1. The van der Waals surface area contributed by atoms with Crippen molar-refractivity contribution in [3.8, 4) is 0 Å². The Kier molecular flexibility index (Phi) is 11.5. The Bertz CT molecular complexity index is 864. The number of nitrogens with two attached hydrogens (primary N) is 4. The van der Waals surface area contributed by atoms with Crippen LogP contribution >= 0.6 is 0 Å². The van der Waals surface area contributed by atoms with Gasteiger partial charge < -0.3 is 92.2 Å². The zero-order chi connectivity index (χ0) is 31.0. The molecule has 4 fully saturated rings. The van der Waals surface area contributed by atoms with E-state index in [-0.39, 0.29) is 6.42 Å². The lowest BCUT2D eigenvalue weighted by atomic mass is 9.84. The first-order valence-electron chi connectivity index (χ1n) is 14.1. The van der Waals surface area contributed by atoms with Crippen LogP contribution in [0.4, 0.5) is 0 Å². The van der Waals surface area contributed by atoms with Crippen molar-refractivity contribution in [2.75, 3.05) is 13.2 Å². The Hall–Kier alpha value is -0.720. The van der Waals surface area contributed by atoms with Crippen LogP contribution in [0.3, 0.4) is 0 Å². The fourth-order valence-corrected chi connectivity index (χ4v) is 5.84. The number of hydrogen-bond donors (Lipinski definition) is 12. The molecule has 3 heterocycles. The molecule has 42 heavy (non-hydrogen) atoms. The molecule has 1 aliphatic carbocycles. The van der Waals surface area contributed by atoms with Crippen LogP contribution in [0.1, 0.15) is 19.8 Å².